The summed E-state index contributed by atoms with van der Waals surface area (Å²) in [5.74, 6) is -1.32. The van der Waals surface area contributed by atoms with Crippen LogP contribution >= 0.6 is 15.9 Å². The van der Waals surface area contributed by atoms with E-state index in [2.05, 4.69) is 25.7 Å². The van der Waals surface area contributed by atoms with Gasteiger partial charge in [0.2, 0.25) is 0 Å². The summed E-state index contributed by atoms with van der Waals surface area (Å²) in [4.78, 5) is 25.6. The summed E-state index contributed by atoms with van der Waals surface area (Å²) in [6.07, 6.45) is 0. The highest BCUT2D eigenvalue weighted by atomic mass is 79.9. The smallest absolute Gasteiger partial charge is 0.354 e. The fourth-order valence-electron chi connectivity index (χ4n) is 1.51. The summed E-state index contributed by atoms with van der Waals surface area (Å²) in [5, 5.41) is 0.164. The van der Waals surface area contributed by atoms with Gasteiger partial charge in [-0.1, -0.05) is 0 Å². The molecule has 1 heterocycles. The first-order valence-corrected chi connectivity index (χ1v) is 5.43. The largest absolute Gasteiger partial charge is 0.464 e. The Kier molecular flexibility index (Phi) is 2.97. The number of benzene rings is 1. The highest BCUT2D eigenvalue weighted by Gasteiger charge is 2.13. The van der Waals surface area contributed by atoms with Crippen molar-refractivity contribution in [1.29, 1.82) is 0 Å². The molecule has 1 aromatic heterocycles. The standard InChI is InChI=1S/C11H7BrFNO3/c1-17-11(16)7-4-8(15)9-5(12)2-3-6(13)10(9)14-7/h2-4H,1H3,(H,14,15). The van der Waals surface area contributed by atoms with Crippen molar-refractivity contribution >= 4 is 32.8 Å². The number of aromatic nitrogens is 1. The number of H-pyrrole nitrogens is 1. The first-order chi connectivity index (χ1) is 8.04. The van der Waals surface area contributed by atoms with Crippen LogP contribution in [0.25, 0.3) is 10.9 Å². The molecule has 1 N–H and O–H groups in total. The van der Waals surface area contributed by atoms with E-state index in [9.17, 15) is 14.0 Å². The van der Waals surface area contributed by atoms with Crippen molar-refractivity contribution in [3.8, 4) is 0 Å². The molecule has 0 aliphatic heterocycles. The van der Waals surface area contributed by atoms with Gasteiger partial charge in [-0.25, -0.2) is 9.18 Å². The van der Waals surface area contributed by atoms with Crippen LogP contribution in [0.3, 0.4) is 0 Å². The lowest BCUT2D eigenvalue weighted by atomic mass is 10.2. The van der Waals surface area contributed by atoms with Gasteiger partial charge >= 0.3 is 5.97 Å². The molecule has 0 bridgehead atoms. The van der Waals surface area contributed by atoms with Crippen molar-refractivity contribution in [2.24, 2.45) is 0 Å². The maximum atomic E-state index is 13.6. The Morgan fingerprint density at radius 1 is 1.47 bits per heavy atom. The van der Waals surface area contributed by atoms with Gasteiger partial charge in [-0.05, 0) is 28.1 Å². The first-order valence-electron chi connectivity index (χ1n) is 4.64. The lowest BCUT2D eigenvalue weighted by molar-refractivity contribution is 0.0594. The number of carbonyl (C=O) groups is 1. The Bertz CT molecular complexity index is 666. The molecule has 0 fully saturated rings. The van der Waals surface area contributed by atoms with Crippen LogP contribution < -0.4 is 5.43 Å². The summed E-state index contributed by atoms with van der Waals surface area (Å²) in [6.45, 7) is 0. The zero-order chi connectivity index (χ0) is 12.6. The number of hydrogen-bond acceptors (Lipinski definition) is 3. The average Bonchev–Trinajstić information content (AvgIpc) is 2.32. The molecule has 2 aromatic rings. The van der Waals surface area contributed by atoms with E-state index in [4.69, 9.17) is 0 Å². The molecule has 0 saturated heterocycles. The van der Waals surface area contributed by atoms with E-state index in [0.29, 0.717) is 4.47 Å². The maximum Gasteiger partial charge on any atom is 0.354 e. The molecule has 0 aliphatic carbocycles. The van der Waals surface area contributed by atoms with Crippen molar-refractivity contribution < 1.29 is 13.9 Å². The predicted octanol–water partition coefficient (Wildman–Crippen LogP) is 2.22. The first kappa shape index (κ1) is 11.8. The van der Waals surface area contributed by atoms with Crippen molar-refractivity contribution in [3.05, 3.63) is 44.4 Å². The molecule has 0 unspecified atom stereocenters. The SMILES string of the molecule is COC(=O)c1cc(=O)c2c(Br)ccc(F)c2[nH]1. The van der Waals surface area contributed by atoms with Gasteiger partial charge in [-0.15, -0.1) is 0 Å². The molecule has 17 heavy (non-hydrogen) atoms. The number of esters is 1. The number of rotatable bonds is 1. The second-order valence-electron chi connectivity index (χ2n) is 3.32. The van der Waals surface area contributed by atoms with E-state index in [1.54, 1.807) is 0 Å². The summed E-state index contributed by atoms with van der Waals surface area (Å²) in [7, 11) is 1.18. The summed E-state index contributed by atoms with van der Waals surface area (Å²) < 4.78 is 18.5. The second kappa shape index (κ2) is 4.29. The fraction of sp³-hybridized carbons (Fsp3) is 0.0909. The van der Waals surface area contributed by atoms with E-state index in [-0.39, 0.29) is 16.6 Å². The zero-order valence-electron chi connectivity index (χ0n) is 8.71. The molecule has 0 saturated carbocycles. The van der Waals surface area contributed by atoms with Crippen LogP contribution in [-0.4, -0.2) is 18.1 Å². The molecule has 4 nitrogen and oxygen atoms in total. The Morgan fingerprint density at radius 3 is 2.82 bits per heavy atom. The van der Waals surface area contributed by atoms with Crippen molar-refractivity contribution in [1.82, 2.24) is 4.98 Å². The molecular formula is C11H7BrFNO3. The molecule has 6 heteroatoms. The summed E-state index contributed by atoms with van der Waals surface area (Å²) in [5.41, 5.74) is -0.556. The van der Waals surface area contributed by atoms with Gasteiger partial charge in [-0.2, -0.15) is 0 Å². The molecule has 0 aliphatic rings. The Hall–Kier alpha value is -1.69. The van der Waals surface area contributed by atoms with Gasteiger partial charge in [-0.3, -0.25) is 4.79 Å². The zero-order valence-corrected chi connectivity index (χ0v) is 10.3. The van der Waals surface area contributed by atoms with Crippen molar-refractivity contribution in [3.63, 3.8) is 0 Å². The average molecular weight is 300 g/mol. The quantitative estimate of drug-likeness (QED) is 0.822. The van der Waals surface area contributed by atoms with Crippen LogP contribution in [0.2, 0.25) is 0 Å². The molecule has 88 valence electrons. The van der Waals surface area contributed by atoms with E-state index >= 15 is 0 Å². The number of fused-ring (bicyclic) bond motifs is 1. The molecule has 0 amide bonds. The van der Waals surface area contributed by atoms with Crippen molar-refractivity contribution in [2.75, 3.05) is 7.11 Å². The minimum atomic E-state index is -0.719. The maximum absolute atomic E-state index is 13.6. The number of hydrogen-bond donors (Lipinski definition) is 1. The van der Waals surface area contributed by atoms with Gasteiger partial charge in [0.1, 0.15) is 11.5 Å². The monoisotopic (exact) mass is 299 g/mol. The topological polar surface area (TPSA) is 59.2 Å². The fourth-order valence-corrected chi connectivity index (χ4v) is 2.03. The molecule has 0 spiro atoms. The third-order valence-electron chi connectivity index (χ3n) is 2.29. The molecule has 1 aromatic carbocycles. The van der Waals surface area contributed by atoms with Crippen LogP contribution in [-0.2, 0) is 4.74 Å². The molecule has 0 radical (unpaired) electrons. The number of halogens is 2. The van der Waals surface area contributed by atoms with E-state index in [0.717, 1.165) is 6.07 Å². The lowest BCUT2D eigenvalue weighted by Gasteiger charge is -2.04. The highest BCUT2D eigenvalue weighted by Crippen LogP contribution is 2.22. The normalized spacial score (nSPS) is 10.5. The molecular weight excluding hydrogens is 293 g/mol. The van der Waals surface area contributed by atoms with Crippen LogP contribution in [0.4, 0.5) is 4.39 Å². The van der Waals surface area contributed by atoms with Crippen LogP contribution in [0.5, 0.6) is 0 Å². The lowest BCUT2D eigenvalue weighted by Crippen LogP contribution is -2.12. The third-order valence-corrected chi connectivity index (χ3v) is 2.95. The van der Waals surface area contributed by atoms with Crippen LogP contribution in [0.15, 0.2) is 27.5 Å². The minimum Gasteiger partial charge on any atom is -0.464 e. The Labute approximate surface area is 104 Å². The molecule has 0 atom stereocenters. The molecule has 2 rings (SSSR count). The summed E-state index contributed by atoms with van der Waals surface area (Å²) >= 11 is 3.16. The number of carbonyl (C=O) groups excluding carboxylic acids is 1. The van der Waals surface area contributed by atoms with Gasteiger partial charge in [0.15, 0.2) is 5.43 Å². The summed E-state index contributed by atoms with van der Waals surface area (Å²) in [6, 6.07) is 3.71. The van der Waals surface area contributed by atoms with E-state index in [1.165, 1.54) is 19.2 Å². The van der Waals surface area contributed by atoms with E-state index in [1.807, 2.05) is 0 Å². The van der Waals surface area contributed by atoms with E-state index < -0.39 is 17.2 Å². The van der Waals surface area contributed by atoms with Gasteiger partial charge < -0.3 is 9.72 Å². The van der Waals surface area contributed by atoms with Gasteiger partial charge in [0, 0.05) is 10.5 Å². The predicted molar refractivity (Wildman–Crippen MR) is 63.6 cm³/mol. The number of methoxy groups -OCH3 is 1. The number of pyridine rings is 1. The van der Waals surface area contributed by atoms with Crippen LogP contribution in [0.1, 0.15) is 10.5 Å². The number of aromatic amines is 1. The number of nitrogens with one attached hydrogen (secondary N) is 1. The van der Waals surface area contributed by atoms with Gasteiger partial charge in [0.25, 0.3) is 0 Å². The highest BCUT2D eigenvalue weighted by molar-refractivity contribution is 9.10. The second-order valence-corrected chi connectivity index (χ2v) is 4.17. The van der Waals surface area contributed by atoms with Gasteiger partial charge in [0.05, 0.1) is 18.0 Å². The van der Waals surface area contributed by atoms with Crippen LogP contribution in [0, 0.1) is 5.82 Å². The third kappa shape index (κ3) is 1.95. The Balaban J connectivity index is 2.87. The minimum absolute atomic E-state index is 0.0210. The van der Waals surface area contributed by atoms with Crippen molar-refractivity contribution in [2.45, 2.75) is 0 Å². The number of ether oxygens (including phenoxy) is 1. The Morgan fingerprint density at radius 2 is 2.18 bits per heavy atom.